The number of fused-ring (bicyclic) bond motifs is 1. The smallest absolute Gasteiger partial charge is 0.317 e. The van der Waals surface area contributed by atoms with E-state index in [-0.39, 0.29) is 49.8 Å². The highest BCUT2D eigenvalue weighted by molar-refractivity contribution is 14.1. The summed E-state index contributed by atoms with van der Waals surface area (Å²) >= 11 is 2.26. The van der Waals surface area contributed by atoms with Gasteiger partial charge < -0.3 is 50.4 Å². The first-order valence-electron chi connectivity index (χ1n) is 31.2. The van der Waals surface area contributed by atoms with Gasteiger partial charge in [-0.25, -0.2) is 8.78 Å². The van der Waals surface area contributed by atoms with E-state index in [0.717, 1.165) is 21.4 Å². The van der Waals surface area contributed by atoms with Crippen molar-refractivity contribution in [2.75, 3.05) is 144 Å². The number of carboxylic acid groups (broad SMARTS) is 1. The van der Waals surface area contributed by atoms with Crippen LogP contribution in [0.15, 0.2) is 54.7 Å². The maximum Gasteiger partial charge on any atom is 0.317 e. The lowest BCUT2D eigenvalue weighted by Crippen LogP contribution is -2.52. The molecule has 498 valence electrons. The summed E-state index contributed by atoms with van der Waals surface area (Å²) in [7, 11) is 0. The molecule has 6 amide bonds. The predicted octanol–water partition coefficient (Wildman–Crippen LogP) is 2.39. The third-order valence-corrected chi connectivity index (χ3v) is 16.8. The molecule has 0 spiro atoms. The molecule has 25 nitrogen and oxygen atoms in total. The highest BCUT2D eigenvalue weighted by Crippen LogP contribution is 2.32. The van der Waals surface area contributed by atoms with E-state index in [1.807, 2.05) is 31.7 Å². The van der Waals surface area contributed by atoms with Crippen molar-refractivity contribution in [3.63, 3.8) is 0 Å². The first-order valence-corrected chi connectivity index (χ1v) is 32.2. The van der Waals surface area contributed by atoms with Crippen LogP contribution in [0.3, 0.4) is 0 Å². The lowest BCUT2D eigenvalue weighted by Gasteiger charge is -2.34. The summed E-state index contributed by atoms with van der Waals surface area (Å²) in [6.45, 7) is 6.26. The molecule has 91 heavy (non-hydrogen) atoms. The number of ether oxygens (including phenoxy) is 3. The SMILES string of the molecule is C#C[C@H]1CC(F)(F)CN1C(=O)CNC(=O)c1ccnc2ccc(OCCCN3CCN(C(=O)CCCCCNC(=O)C(CCCCNC(=O)CCCc4ccc(I)cc4)NC(=O)CN4CCN(COC=O)CCN(COC=O)CCN(CC(=O)O)CC4)CC3)cc12. The van der Waals surface area contributed by atoms with E-state index >= 15 is 0 Å². The summed E-state index contributed by atoms with van der Waals surface area (Å²) in [5.41, 5.74) is 1.93. The van der Waals surface area contributed by atoms with E-state index in [4.69, 9.17) is 20.6 Å². The highest BCUT2D eigenvalue weighted by Gasteiger charge is 2.46. The Morgan fingerprint density at radius 2 is 1.35 bits per heavy atom. The molecular weight excluding hydrogens is 1300 g/mol. The van der Waals surface area contributed by atoms with E-state index in [1.54, 1.807) is 23.1 Å². The van der Waals surface area contributed by atoms with Gasteiger partial charge in [-0.1, -0.05) is 24.5 Å². The summed E-state index contributed by atoms with van der Waals surface area (Å²) in [5.74, 6) is -3.42. The van der Waals surface area contributed by atoms with Crippen LogP contribution in [-0.4, -0.2) is 261 Å². The van der Waals surface area contributed by atoms with Crippen molar-refractivity contribution in [2.45, 2.75) is 95.1 Å². The van der Waals surface area contributed by atoms with Crippen molar-refractivity contribution in [1.82, 2.24) is 60.6 Å². The Kier molecular flexibility index (Phi) is 31.5. The van der Waals surface area contributed by atoms with Crippen molar-refractivity contribution < 1.29 is 71.2 Å². The van der Waals surface area contributed by atoms with Crippen molar-refractivity contribution >= 4 is 87.9 Å². The second-order valence-electron chi connectivity index (χ2n) is 22.9. The Balaban J connectivity index is 0.918. The number of aromatic nitrogens is 1. The number of nitrogens with one attached hydrogen (secondary N) is 4. The van der Waals surface area contributed by atoms with Gasteiger partial charge in [-0.05, 0) is 116 Å². The summed E-state index contributed by atoms with van der Waals surface area (Å²) < 4.78 is 45.2. The summed E-state index contributed by atoms with van der Waals surface area (Å²) in [4.78, 5) is 130. The summed E-state index contributed by atoms with van der Waals surface area (Å²) in [6, 6.07) is 12.9. The fourth-order valence-electron chi connectivity index (χ4n) is 11.0. The van der Waals surface area contributed by atoms with Crippen molar-refractivity contribution in [2.24, 2.45) is 0 Å². The first kappa shape index (κ1) is 72.9. The molecule has 5 N–H and O–H groups in total. The number of benzene rings is 2. The predicted molar refractivity (Wildman–Crippen MR) is 341 cm³/mol. The number of hydrogen-bond acceptors (Lipinski definition) is 18. The zero-order valence-corrected chi connectivity index (χ0v) is 53.8. The fraction of sp³-hybridized carbons (Fsp3) is 0.587. The lowest BCUT2D eigenvalue weighted by molar-refractivity contribution is -0.139. The fourth-order valence-corrected chi connectivity index (χ4v) is 11.3. The molecule has 3 aliphatic heterocycles. The van der Waals surface area contributed by atoms with Crippen LogP contribution in [0.4, 0.5) is 8.78 Å². The minimum atomic E-state index is -3.10. The molecule has 2 atom stereocenters. The molecule has 3 aliphatic rings. The largest absolute Gasteiger partial charge is 0.494 e. The average molecular weight is 1390 g/mol. The maximum atomic E-state index is 14.0. The topological polar surface area (TPSA) is 285 Å². The number of carbonyl (C=O) groups is 9. The number of carbonyl (C=O) groups excluding carboxylic acids is 8. The number of aryl methyl sites for hydroxylation is 1. The van der Waals surface area contributed by atoms with Gasteiger partial charge >= 0.3 is 5.97 Å². The molecule has 0 aliphatic carbocycles. The van der Waals surface area contributed by atoms with Gasteiger partial charge in [0.25, 0.3) is 24.8 Å². The Morgan fingerprint density at radius 3 is 2.01 bits per heavy atom. The number of halogens is 3. The molecule has 0 bridgehead atoms. The number of terminal acetylenes is 1. The molecule has 1 unspecified atom stereocenters. The van der Waals surface area contributed by atoms with Crippen LogP contribution in [0.2, 0.25) is 0 Å². The average Bonchev–Trinajstić information content (AvgIpc) is 1.91. The van der Waals surface area contributed by atoms with E-state index < -0.39 is 61.2 Å². The van der Waals surface area contributed by atoms with Gasteiger partial charge in [0.1, 0.15) is 25.3 Å². The van der Waals surface area contributed by atoms with Gasteiger partial charge in [-0.15, -0.1) is 6.42 Å². The molecular formula is C63H87F2IN12O13. The number of hydrogen-bond donors (Lipinski definition) is 5. The molecule has 6 rings (SSSR count). The van der Waals surface area contributed by atoms with Crippen LogP contribution in [0.25, 0.3) is 10.9 Å². The summed E-state index contributed by atoms with van der Waals surface area (Å²) in [6.07, 6.45) is 12.5. The summed E-state index contributed by atoms with van der Waals surface area (Å²) in [5, 5.41) is 21.6. The Morgan fingerprint density at radius 1 is 0.714 bits per heavy atom. The molecule has 3 saturated heterocycles. The Hall–Kier alpha value is -7.17. The molecule has 3 aromatic rings. The third kappa shape index (κ3) is 26.5. The number of aliphatic carboxylic acids is 1. The van der Waals surface area contributed by atoms with Crippen LogP contribution in [0, 0.1) is 15.9 Å². The molecule has 1 aromatic heterocycles. The first-order chi connectivity index (χ1) is 43.9. The zero-order chi connectivity index (χ0) is 65.4. The Labute approximate surface area is 544 Å². The molecule has 4 heterocycles. The normalized spacial score (nSPS) is 17.5. The minimum absolute atomic E-state index is 0.00343. The van der Waals surface area contributed by atoms with Crippen molar-refractivity contribution in [3.8, 4) is 18.1 Å². The number of rotatable bonds is 35. The number of nitrogens with zero attached hydrogens (tertiary/aromatic N) is 8. The number of alkyl halides is 2. The van der Waals surface area contributed by atoms with Gasteiger partial charge in [0.2, 0.25) is 29.5 Å². The monoisotopic (exact) mass is 1380 g/mol. The van der Waals surface area contributed by atoms with Crippen molar-refractivity contribution in [1.29, 1.82) is 0 Å². The van der Waals surface area contributed by atoms with Gasteiger partial charge in [-0.2, -0.15) is 0 Å². The number of piperazine rings is 1. The molecule has 3 fully saturated rings. The van der Waals surface area contributed by atoms with Crippen molar-refractivity contribution in [3.05, 3.63) is 69.4 Å². The molecule has 2 aromatic carbocycles. The van der Waals surface area contributed by atoms with Crippen LogP contribution >= 0.6 is 22.6 Å². The standard InChI is InChI=1S/C63H87F2IN12O13/c1-2-50-39-63(64,65)43-78(50)59(84)40-70-61(87)52-20-23-67-54-19-18-51(38-53(52)54)91-37-9-24-72-33-35-77(36-34-72)58(83)13-4-3-6-22-69-62(88)55(11-5-7-21-68-56(81)12-8-10-48-14-16-49(66)17-15-48)71-57(82)41-73-25-26-74(42-60(85)86)28-30-76(45-90-47-80)32-31-75(29-27-73)44-89-46-79/h1,14-20,23,38,46-47,50,55H,3-13,21-22,24-37,39-45H2,(H,68,81)(H,69,88)(H,70,87)(H,71,82)(H,85,86)/t50-,55?/m0/s1. The van der Waals surface area contributed by atoms with E-state index in [2.05, 4.69) is 71.8 Å². The minimum Gasteiger partial charge on any atom is -0.494 e. The lowest BCUT2D eigenvalue weighted by atomic mass is 10.1. The molecule has 0 saturated carbocycles. The van der Waals surface area contributed by atoms with Crippen LogP contribution in [0.1, 0.15) is 86.6 Å². The van der Waals surface area contributed by atoms with Crippen LogP contribution < -0.4 is 26.0 Å². The van der Waals surface area contributed by atoms with E-state index in [0.29, 0.717) is 192 Å². The maximum absolute atomic E-state index is 14.0. The van der Waals surface area contributed by atoms with Gasteiger partial charge in [0.15, 0.2) is 0 Å². The highest BCUT2D eigenvalue weighted by atomic mass is 127. The number of pyridine rings is 1. The number of amides is 6. The molecule has 28 heteroatoms. The number of unbranched alkanes of at least 4 members (excludes halogenated alkanes) is 3. The zero-order valence-electron chi connectivity index (χ0n) is 51.7. The van der Waals surface area contributed by atoms with E-state index in [9.17, 15) is 57.0 Å². The second-order valence-corrected chi connectivity index (χ2v) is 24.2. The second kappa shape index (κ2) is 39.3. The number of likely N-dealkylation sites (tertiary alicyclic amines) is 1. The van der Waals surface area contributed by atoms with Gasteiger partial charge in [0.05, 0.1) is 49.9 Å². The van der Waals surface area contributed by atoms with E-state index in [1.165, 1.54) is 17.8 Å². The quantitative estimate of drug-likeness (QED) is 0.0245. The Bertz CT molecular complexity index is 2900. The van der Waals surface area contributed by atoms with Crippen LogP contribution in [0.5, 0.6) is 5.75 Å². The molecule has 0 radical (unpaired) electrons. The van der Waals surface area contributed by atoms with Gasteiger partial charge in [-0.3, -0.25) is 72.6 Å². The third-order valence-electron chi connectivity index (χ3n) is 16.1. The number of carboxylic acids is 1. The van der Waals surface area contributed by atoms with Gasteiger partial charge in [0, 0.05) is 133 Å². The van der Waals surface area contributed by atoms with Crippen LogP contribution in [-0.2, 0) is 54.3 Å².